The third kappa shape index (κ3) is 3.34. The van der Waals surface area contributed by atoms with Gasteiger partial charge in [0.15, 0.2) is 0 Å². The van der Waals surface area contributed by atoms with E-state index in [1.54, 1.807) is 18.3 Å². The zero-order chi connectivity index (χ0) is 23.1. The van der Waals surface area contributed by atoms with E-state index >= 15 is 0 Å². The van der Waals surface area contributed by atoms with E-state index in [9.17, 15) is 4.79 Å². The molecule has 0 aliphatic heterocycles. The molecular formula is C29H18IrN3O2-. The van der Waals surface area contributed by atoms with Crippen molar-refractivity contribution in [3.05, 3.63) is 138 Å². The van der Waals surface area contributed by atoms with Crippen molar-refractivity contribution in [1.29, 1.82) is 0 Å². The van der Waals surface area contributed by atoms with Crippen molar-refractivity contribution in [1.82, 2.24) is 15.0 Å². The van der Waals surface area contributed by atoms with Gasteiger partial charge < -0.3 is 10.1 Å². The standard InChI is InChI=1S/C23H13N2.C6H5NO2.Ir/c1-3-8-18-15(6-1)16-7-2-4-9-19(16)23(18)20-10-5-12-25-22(20)17-11-13-24-14-21(17)23;8-6(9)5-3-1-2-4-7-5;/h1-10,12-14H;1-4H,(H,8,9);/q-1;;. The summed E-state index contributed by atoms with van der Waals surface area (Å²) in [6, 6.07) is 29.7. The number of carbonyl (C=O) groups is 1. The SMILES string of the molecule is O=C(O)c1ccccn1.[Ir].[c-]1cncc2c1-c1ncccc1C21c2ccccc2-c2ccccc21. The second-order valence-electron chi connectivity index (χ2n) is 8.10. The Balaban J connectivity index is 0.000000217. The summed E-state index contributed by atoms with van der Waals surface area (Å²) in [5.41, 5.74) is 9.45. The molecule has 171 valence electrons. The van der Waals surface area contributed by atoms with Gasteiger partial charge in [-0.3, -0.25) is 4.98 Å². The topological polar surface area (TPSA) is 76.0 Å². The molecule has 0 unspecified atom stereocenters. The second-order valence-corrected chi connectivity index (χ2v) is 8.10. The van der Waals surface area contributed by atoms with Crippen LogP contribution in [-0.4, -0.2) is 26.0 Å². The van der Waals surface area contributed by atoms with Crippen molar-refractivity contribution >= 4 is 5.97 Å². The molecule has 5 nitrogen and oxygen atoms in total. The number of hydrogen-bond donors (Lipinski definition) is 1. The van der Waals surface area contributed by atoms with Gasteiger partial charge in [0.25, 0.3) is 0 Å². The van der Waals surface area contributed by atoms with Crippen molar-refractivity contribution < 1.29 is 30.0 Å². The predicted octanol–water partition coefficient (Wildman–Crippen LogP) is 5.40. The minimum atomic E-state index is -0.990. The average molecular weight is 633 g/mol. The average Bonchev–Trinajstić information content (AvgIpc) is 3.37. The van der Waals surface area contributed by atoms with Crippen LogP contribution in [0.15, 0.2) is 104 Å². The number of rotatable bonds is 1. The molecule has 2 aromatic carbocycles. The third-order valence-electron chi connectivity index (χ3n) is 6.45. The van der Waals surface area contributed by atoms with E-state index in [1.165, 1.54) is 45.6 Å². The first-order valence-electron chi connectivity index (χ1n) is 10.9. The molecule has 0 bridgehead atoms. The second kappa shape index (κ2) is 8.99. The number of aromatic carboxylic acids is 1. The number of benzene rings is 2. The van der Waals surface area contributed by atoms with Gasteiger partial charge in [0.2, 0.25) is 0 Å². The minimum absolute atomic E-state index is 0. The number of carboxylic acids is 1. The maximum atomic E-state index is 10.1. The smallest absolute Gasteiger partial charge is 0.354 e. The van der Waals surface area contributed by atoms with Crippen LogP contribution in [0.1, 0.15) is 32.7 Å². The number of aromatic nitrogens is 3. The van der Waals surface area contributed by atoms with Crippen molar-refractivity contribution in [2.24, 2.45) is 0 Å². The van der Waals surface area contributed by atoms with Gasteiger partial charge in [-0.25, -0.2) is 9.78 Å². The molecule has 0 fully saturated rings. The Labute approximate surface area is 215 Å². The number of carboxylic acid groups (broad SMARTS) is 1. The molecule has 3 aromatic heterocycles. The maximum Gasteiger partial charge on any atom is 0.354 e. The summed E-state index contributed by atoms with van der Waals surface area (Å²) in [5.74, 6) is -0.990. The van der Waals surface area contributed by atoms with Crippen LogP contribution in [0.3, 0.4) is 0 Å². The minimum Gasteiger partial charge on any atom is -0.477 e. The van der Waals surface area contributed by atoms with E-state index < -0.39 is 5.97 Å². The summed E-state index contributed by atoms with van der Waals surface area (Å²) in [5, 5.41) is 8.32. The molecule has 0 saturated carbocycles. The predicted molar refractivity (Wildman–Crippen MR) is 128 cm³/mol. The van der Waals surface area contributed by atoms with Crippen molar-refractivity contribution in [3.63, 3.8) is 0 Å². The van der Waals surface area contributed by atoms with Gasteiger partial charge >= 0.3 is 5.97 Å². The van der Waals surface area contributed by atoms with E-state index in [-0.39, 0.29) is 31.2 Å². The summed E-state index contributed by atoms with van der Waals surface area (Å²) in [7, 11) is 0. The van der Waals surface area contributed by atoms with Gasteiger partial charge in [-0.15, -0.1) is 5.56 Å². The summed E-state index contributed by atoms with van der Waals surface area (Å²) in [6.07, 6.45) is 7.04. The fourth-order valence-electron chi connectivity index (χ4n) is 5.19. The molecule has 1 radical (unpaired) electrons. The van der Waals surface area contributed by atoms with Gasteiger partial charge in [-0.05, 0) is 58.5 Å². The molecule has 3 heterocycles. The van der Waals surface area contributed by atoms with Gasteiger partial charge in [0.05, 0.1) is 0 Å². The third-order valence-corrected chi connectivity index (χ3v) is 6.45. The fourth-order valence-corrected chi connectivity index (χ4v) is 5.19. The van der Waals surface area contributed by atoms with Crippen molar-refractivity contribution in [2.45, 2.75) is 5.41 Å². The van der Waals surface area contributed by atoms with Crippen LogP contribution in [0.4, 0.5) is 0 Å². The molecule has 6 heteroatoms. The molecule has 2 aliphatic rings. The van der Waals surface area contributed by atoms with E-state index in [4.69, 9.17) is 10.1 Å². The number of hydrogen-bond acceptors (Lipinski definition) is 4. The van der Waals surface area contributed by atoms with Gasteiger partial charge in [0, 0.05) is 37.9 Å². The molecule has 0 saturated heterocycles. The van der Waals surface area contributed by atoms with Crippen LogP contribution >= 0.6 is 0 Å². The van der Waals surface area contributed by atoms with Crippen molar-refractivity contribution in [3.8, 4) is 22.4 Å². The zero-order valence-corrected chi connectivity index (χ0v) is 20.7. The normalized spacial score (nSPS) is 12.8. The molecular weight excluding hydrogens is 615 g/mol. The van der Waals surface area contributed by atoms with Crippen LogP contribution in [0.5, 0.6) is 0 Å². The Morgan fingerprint density at radius 2 is 1.37 bits per heavy atom. The van der Waals surface area contributed by atoms with E-state index in [0.717, 1.165) is 11.3 Å². The van der Waals surface area contributed by atoms with Crippen molar-refractivity contribution in [2.75, 3.05) is 0 Å². The molecule has 35 heavy (non-hydrogen) atoms. The van der Waals surface area contributed by atoms with Gasteiger partial charge in [-0.1, -0.05) is 66.2 Å². The summed E-state index contributed by atoms with van der Waals surface area (Å²) in [6.45, 7) is 0. The summed E-state index contributed by atoms with van der Waals surface area (Å²) >= 11 is 0. The number of pyridine rings is 3. The monoisotopic (exact) mass is 633 g/mol. The Hall–Kier alpha value is -3.99. The zero-order valence-electron chi connectivity index (χ0n) is 18.3. The summed E-state index contributed by atoms with van der Waals surface area (Å²) in [4.78, 5) is 22.8. The van der Waals surface area contributed by atoms with Crippen LogP contribution in [0.25, 0.3) is 22.4 Å². The Bertz CT molecular complexity index is 1370. The maximum absolute atomic E-state index is 10.1. The molecule has 0 amide bonds. The first kappa shape index (κ1) is 22.8. The molecule has 0 atom stereocenters. The van der Waals surface area contributed by atoms with E-state index in [2.05, 4.69) is 70.6 Å². The van der Waals surface area contributed by atoms with Crippen LogP contribution in [0.2, 0.25) is 0 Å². The molecule has 7 rings (SSSR count). The fraction of sp³-hybridized carbons (Fsp3) is 0.0345. The van der Waals surface area contributed by atoms with E-state index in [0.29, 0.717) is 0 Å². The number of nitrogens with zero attached hydrogens (tertiary/aromatic N) is 3. The Morgan fingerprint density at radius 1 is 0.743 bits per heavy atom. The molecule has 5 aromatic rings. The van der Waals surface area contributed by atoms with Gasteiger partial charge in [0.1, 0.15) is 5.69 Å². The Kier molecular flexibility index (Phi) is 5.85. The molecule has 2 aliphatic carbocycles. The van der Waals surface area contributed by atoms with Crippen LogP contribution < -0.4 is 0 Å². The van der Waals surface area contributed by atoms with Gasteiger partial charge in [-0.2, -0.15) is 11.6 Å². The summed E-state index contributed by atoms with van der Waals surface area (Å²) < 4.78 is 0. The largest absolute Gasteiger partial charge is 0.477 e. The molecule has 1 N–H and O–H groups in total. The first-order valence-corrected chi connectivity index (χ1v) is 10.9. The van der Waals surface area contributed by atoms with E-state index in [1.807, 2.05) is 18.5 Å². The Morgan fingerprint density at radius 3 is 2.00 bits per heavy atom. The molecule has 1 spiro atoms. The quantitative estimate of drug-likeness (QED) is 0.246. The van der Waals surface area contributed by atoms with Crippen LogP contribution in [-0.2, 0) is 25.5 Å². The first-order chi connectivity index (χ1) is 16.7. The number of fused-ring (bicyclic) bond motifs is 10. The van der Waals surface area contributed by atoms with Crippen LogP contribution in [0, 0.1) is 6.07 Å².